The third-order valence-corrected chi connectivity index (χ3v) is 6.47. The largest absolute Gasteiger partial charge is 0.497 e. The van der Waals surface area contributed by atoms with Crippen LogP contribution in [-0.4, -0.2) is 51.7 Å². The molecule has 0 radical (unpaired) electrons. The highest BCUT2D eigenvalue weighted by Gasteiger charge is 2.63. The molecule has 2 amide bonds. The van der Waals surface area contributed by atoms with Crippen LogP contribution in [0.25, 0.3) is 5.69 Å². The molecular formula is C22H20N6O3. The van der Waals surface area contributed by atoms with Crippen LogP contribution in [0.15, 0.2) is 48.8 Å². The Kier molecular flexibility index (Phi) is 3.51. The highest BCUT2D eigenvalue weighted by Crippen LogP contribution is 2.53. The molecule has 2 fully saturated rings. The maximum atomic E-state index is 13.3. The van der Waals surface area contributed by atoms with E-state index < -0.39 is 12.0 Å². The van der Waals surface area contributed by atoms with Gasteiger partial charge in [0.2, 0.25) is 5.91 Å². The number of hydrogen-bond acceptors (Lipinski definition) is 7. The number of imide groups is 1. The minimum Gasteiger partial charge on any atom is -0.497 e. The Morgan fingerprint density at radius 3 is 2.45 bits per heavy atom. The number of carbonyl (C=O) groups excluding carboxylic acids is 2. The summed E-state index contributed by atoms with van der Waals surface area (Å²) in [7, 11) is 3.16. The Balaban J connectivity index is 1.62. The first-order valence-electron chi connectivity index (χ1n) is 10.1. The number of benzene rings is 2. The number of ether oxygens (including phenoxy) is 1. The summed E-state index contributed by atoms with van der Waals surface area (Å²) in [6, 6.07) is 12.7. The second-order valence-corrected chi connectivity index (χ2v) is 8.11. The standard InChI is InChI=1S/C22H20N6O3/c1-12-4-9-15-16(10-12)27-18(13-5-7-14(31-3)8-6-13)17-19(21(30)25(2)20(17)29)28(27)22-24-23-11-26(15)22/h4-11,17-19H,1-3H3/t17-,18-,19+/m0/s1. The van der Waals surface area contributed by atoms with Gasteiger partial charge in [-0.1, -0.05) is 18.2 Å². The lowest BCUT2D eigenvalue weighted by Gasteiger charge is -2.41. The lowest BCUT2D eigenvalue weighted by molar-refractivity contribution is -0.138. The second kappa shape index (κ2) is 6.07. The normalized spacial score (nSPS) is 23.6. The fourth-order valence-electron chi connectivity index (χ4n) is 5.02. The molecule has 3 atom stereocenters. The zero-order valence-electron chi connectivity index (χ0n) is 17.3. The SMILES string of the molecule is COc1ccc([C@H]2[C@@H]3C(=O)N(C)C(=O)[C@@H]3N3c4nncn4-c4ccc(C)cc4N23)cc1. The molecule has 1 aromatic heterocycles. The Labute approximate surface area is 178 Å². The number of aromatic nitrogens is 3. The van der Waals surface area contributed by atoms with E-state index in [0.717, 1.165) is 28.3 Å². The predicted molar refractivity (Wildman–Crippen MR) is 112 cm³/mol. The van der Waals surface area contributed by atoms with Crippen LogP contribution in [-0.2, 0) is 9.59 Å². The van der Waals surface area contributed by atoms with E-state index in [1.54, 1.807) is 20.5 Å². The van der Waals surface area contributed by atoms with Gasteiger partial charge in [0.25, 0.3) is 11.9 Å². The molecule has 9 heteroatoms. The van der Waals surface area contributed by atoms with Crippen molar-refractivity contribution in [2.24, 2.45) is 5.92 Å². The zero-order valence-corrected chi connectivity index (χ0v) is 17.3. The first kappa shape index (κ1) is 17.9. The first-order chi connectivity index (χ1) is 15.0. The molecule has 0 aliphatic carbocycles. The van der Waals surface area contributed by atoms with E-state index in [0.29, 0.717) is 5.95 Å². The summed E-state index contributed by atoms with van der Waals surface area (Å²) < 4.78 is 7.18. The topological polar surface area (TPSA) is 83.8 Å². The molecule has 2 aromatic carbocycles. The average Bonchev–Trinajstić information content (AvgIpc) is 3.45. The summed E-state index contributed by atoms with van der Waals surface area (Å²) in [4.78, 5) is 27.7. The Hall–Kier alpha value is -3.88. The van der Waals surface area contributed by atoms with Crippen molar-refractivity contribution in [1.29, 1.82) is 0 Å². The van der Waals surface area contributed by atoms with Gasteiger partial charge in [-0.2, -0.15) is 0 Å². The van der Waals surface area contributed by atoms with Gasteiger partial charge in [0.15, 0.2) is 0 Å². The van der Waals surface area contributed by atoms with Crippen LogP contribution in [0.4, 0.5) is 11.6 Å². The Bertz CT molecular complexity index is 1240. The number of hydrogen-bond donors (Lipinski definition) is 0. The molecule has 0 spiro atoms. The molecule has 2 saturated heterocycles. The van der Waals surface area contributed by atoms with E-state index in [1.807, 2.05) is 57.9 Å². The summed E-state index contributed by atoms with van der Waals surface area (Å²) in [6.07, 6.45) is 1.64. The molecule has 4 heterocycles. The van der Waals surface area contributed by atoms with Crippen LogP contribution in [0.1, 0.15) is 17.2 Å². The summed E-state index contributed by atoms with van der Waals surface area (Å²) in [5.74, 6) is 0.268. The highest BCUT2D eigenvalue weighted by atomic mass is 16.5. The molecule has 31 heavy (non-hydrogen) atoms. The number of likely N-dealkylation sites (N-methyl/N-ethyl adjacent to an activating group) is 1. The van der Waals surface area contributed by atoms with Crippen molar-refractivity contribution in [2.75, 3.05) is 24.2 Å². The summed E-state index contributed by atoms with van der Waals surface area (Å²) in [5, 5.41) is 12.3. The van der Waals surface area contributed by atoms with Crippen LogP contribution in [0.2, 0.25) is 0 Å². The number of aryl methyl sites for hydroxylation is 1. The Morgan fingerprint density at radius 2 is 1.71 bits per heavy atom. The summed E-state index contributed by atoms with van der Waals surface area (Å²) in [6.45, 7) is 2.02. The van der Waals surface area contributed by atoms with Gasteiger partial charge >= 0.3 is 0 Å². The van der Waals surface area contributed by atoms with E-state index in [2.05, 4.69) is 16.3 Å². The second-order valence-electron chi connectivity index (χ2n) is 8.11. The molecule has 3 aliphatic heterocycles. The van der Waals surface area contributed by atoms with Crippen molar-refractivity contribution < 1.29 is 14.3 Å². The number of fused-ring (bicyclic) bond motifs is 8. The van der Waals surface area contributed by atoms with Gasteiger partial charge in [-0.25, -0.2) is 5.01 Å². The van der Waals surface area contributed by atoms with E-state index in [-0.39, 0.29) is 17.9 Å². The number of methoxy groups -OCH3 is 1. The molecule has 0 unspecified atom stereocenters. The van der Waals surface area contributed by atoms with Gasteiger partial charge in [0, 0.05) is 7.05 Å². The molecule has 6 rings (SSSR count). The molecular weight excluding hydrogens is 396 g/mol. The lowest BCUT2D eigenvalue weighted by Crippen LogP contribution is -2.50. The smallest absolute Gasteiger partial charge is 0.254 e. The molecule has 0 saturated carbocycles. The fraction of sp³-hybridized carbons (Fsp3) is 0.273. The maximum Gasteiger partial charge on any atom is 0.254 e. The van der Waals surface area contributed by atoms with Crippen molar-refractivity contribution in [3.8, 4) is 11.4 Å². The van der Waals surface area contributed by atoms with E-state index in [9.17, 15) is 9.59 Å². The minimum absolute atomic E-state index is 0.189. The molecule has 3 aromatic rings. The number of carbonyl (C=O) groups is 2. The average molecular weight is 416 g/mol. The predicted octanol–water partition coefficient (Wildman–Crippen LogP) is 1.86. The van der Waals surface area contributed by atoms with Crippen molar-refractivity contribution in [3.63, 3.8) is 0 Å². The van der Waals surface area contributed by atoms with E-state index >= 15 is 0 Å². The van der Waals surface area contributed by atoms with Crippen LogP contribution < -0.4 is 14.8 Å². The first-order valence-corrected chi connectivity index (χ1v) is 10.1. The van der Waals surface area contributed by atoms with Gasteiger partial charge in [-0.15, -0.1) is 10.2 Å². The van der Waals surface area contributed by atoms with Gasteiger partial charge in [0.05, 0.1) is 30.4 Å². The van der Waals surface area contributed by atoms with Gasteiger partial charge in [0.1, 0.15) is 18.1 Å². The quantitative estimate of drug-likeness (QED) is 0.590. The number of hydrazine groups is 1. The van der Waals surface area contributed by atoms with Crippen LogP contribution in [0, 0.1) is 12.8 Å². The van der Waals surface area contributed by atoms with Crippen molar-refractivity contribution >= 4 is 23.5 Å². The van der Waals surface area contributed by atoms with Crippen LogP contribution >= 0.6 is 0 Å². The summed E-state index contributed by atoms with van der Waals surface area (Å²) >= 11 is 0. The number of anilines is 2. The molecule has 0 N–H and O–H groups in total. The lowest BCUT2D eigenvalue weighted by atomic mass is 9.90. The highest BCUT2D eigenvalue weighted by molar-refractivity contribution is 6.10. The minimum atomic E-state index is -0.679. The monoisotopic (exact) mass is 416 g/mol. The van der Waals surface area contributed by atoms with E-state index in [1.165, 1.54) is 4.90 Å². The molecule has 156 valence electrons. The van der Waals surface area contributed by atoms with Crippen LogP contribution in [0.3, 0.4) is 0 Å². The van der Waals surface area contributed by atoms with Gasteiger partial charge in [-0.05, 0) is 42.3 Å². The third-order valence-electron chi connectivity index (χ3n) is 6.47. The molecule has 3 aliphatic rings. The fourth-order valence-corrected chi connectivity index (χ4v) is 5.02. The number of rotatable bonds is 2. The van der Waals surface area contributed by atoms with Crippen molar-refractivity contribution in [1.82, 2.24) is 19.7 Å². The number of nitrogens with zero attached hydrogens (tertiary/aromatic N) is 6. The third kappa shape index (κ3) is 2.20. The van der Waals surface area contributed by atoms with E-state index in [4.69, 9.17) is 4.74 Å². The van der Waals surface area contributed by atoms with Gasteiger partial charge < -0.3 is 4.74 Å². The Morgan fingerprint density at radius 1 is 0.935 bits per heavy atom. The zero-order chi connectivity index (χ0) is 21.4. The van der Waals surface area contributed by atoms with Crippen molar-refractivity contribution in [2.45, 2.75) is 19.0 Å². The van der Waals surface area contributed by atoms with Gasteiger partial charge in [-0.3, -0.25) is 24.1 Å². The molecule has 9 nitrogen and oxygen atoms in total. The molecule has 0 bridgehead atoms. The summed E-state index contributed by atoms with van der Waals surface area (Å²) in [5.41, 5.74) is 3.82. The maximum absolute atomic E-state index is 13.3. The number of amides is 2. The van der Waals surface area contributed by atoms with Crippen LogP contribution in [0.5, 0.6) is 5.75 Å². The number of likely N-dealkylation sites (tertiary alicyclic amines) is 1. The van der Waals surface area contributed by atoms with Crippen molar-refractivity contribution in [3.05, 3.63) is 59.9 Å².